The Bertz CT molecular complexity index is 630. The maximum Gasteiger partial charge on any atom is 0.147 e. The van der Waals surface area contributed by atoms with E-state index in [0.717, 1.165) is 5.69 Å². The lowest BCUT2D eigenvalue weighted by molar-refractivity contribution is 0.600. The van der Waals surface area contributed by atoms with E-state index in [0.29, 0.717) is 13.0 Å². The zero-order valence-corrected chi connectivity index (χ0v) is 11.2. The summed E-state index contributed by atoms with van der Waals surface area (Å²) in [5.41, 5.74) is 1.06. The second-order valence-electron chi connectivity index (χ2n) is 4.44. The summed E-state index contributed by atoms with van der Waals surface area (Å²) in [7, 11) is -2.86. The Morgan fingerprint density at radius 2 is 1.78 bits per heavy atom. The Balaban J connectivity index is 2.04. The molecule has 3 nitrogen and oxygen atoms in total. The molecular weight excluding hydrogens is 246 g/mol. The van der Waals surface area contributed by atoms with Crippen LogP contribution in [0.1, 0.15) is 6.42 Å². The molecule has 18 heavy (non-hydrogen) atoms. The summed E-state index contributed by atoms with van der Waals surface area (Å²) in [4.78, 5) is 0. The summed E-state index contributed by atoms with van der Waals surface area (Å²) < 4.78 is 22.1. The van der Waals surface area contributed by atoms with Crippen LogP contribution in [0.15, 0.2) is 42.5 Å². The topological polar surface area (TPSA) is 46.2 Å². The summed E-state index contributed by atoms with van der Waals surface area (Å²) in [6, 6.07) is 14.2. The molecule has 96 valence electrons. The molecule has 0 aromatic heterocycles. The molecule has 0 aliphatic heterocycles. The first kappa shape index (κ1) is 12.9. The molecule has 0 aliphatic carbocycles. The molecule has 4 heteroatoms. The highest BCUT2D eigenvalue weighted by molar-refractivity contribution is 7.90. The molecule has 0 saturated heterocycles. The number of benzene rings is 2. The van der Waals surface area contributed by atoms with Gasteiger partial charge in [-0.3, -0.25) is 0 Å². The minimum Gasteiger partial charge on any atom is -0.385 e. The van der Waals surface area contributed by atoms with Crippen molar-refractivity contribution in [2.75, 3.05) is 23.9 Å². The molecule has 1 N–H and O–H groups in total. The first-order valence-electron chi connectivity index (χ1n) is 5.96. The fourth-order valence-corrected chi connectivity index (χ4v) is 2.61. The molecule has 0 fully saturated rings. The van der Waals surface area contributed by atoms with Crippen LogP contribution in [0.3, 0.4) is 0 Å². The highest BCUT2D eigenvalue weighted by atomic mass is 32.2. The molecule has 0 amide bonds. The van der Waals surface area contributed by atoms with E-state index >= 15 is 0 Å². The van der Waals surface area contributed by atoms with Gasteiger partial charge in [0.2, 0.25) is 0 Å². The van der Waals surface area contributed by atoms with Gasteiger partial charge in [-0.2, -0.15) is 0 Å². The number of hydrogen-bond donors (Lipinski definition) is 1. The van der Waals surface area contributed by atoms with Crippen LogP contribution in [0.4, 0.5) is 5.69 Å². The molecule has 0 unspecified atom stereocenters. The summed E-state index contributed by atoms with van der Waals surface area (Å²) in [5.74, 6) is 0.227. The fourth-order valence-electron chi connectivity index (χ4n) is 1.94. The highest BCUT2D eigenvalue weighted by Crippen LogP contribution is 2.22. The van der Waals surface area contributed by atoms with Crippen molar-refractivity contribution in [3.05, 3.63) is 42.5 Å². The van der Waals surface area contributed by atoms with Crippen molar-refractivity contribution in [2.24, 2.45) is 0 Å². The van der Waals surface area contributed by atoms with Crippen molar-refractivity contribution in [1.29, 1.82) is 0 Å². The lowest BCUT2D eigenvalue weighted by Crippen LogP contribution is -2.09. The Morgan fingerprint density at radius 3 is 2.56 bits per heavy atom. The van der Waals surface area contributed by atoms with Crippen LogP contribution < -0.4 is 5.32 Å². The van der Waals surface area contributed by atoms with Crippen LogP contribution in [0.5, 0.6) is 0 Å². The fraction of sp³-hybridized carbons (Fsp3) is 0.286. The van der Waals surface area contributed by atoms with E-state index in [-0.39, 0.29) is 5.75 Å². The van der Waals surface area contributed by atoms with Gasteiger partial charge in [0.1, 0.15) is 9.84 Å². The van der Waals surface area contributed by atoms with Gasteiger partial charge < -0.3 is 5.32 Å². The molecule has 0 heterocycles. The van der Waals surface area contributed by atoms with Gasteiger partial charge in [-0.15, -0.1) is 0 Å². The molecule has 2 aromatic carbocycles. The van der Waals surface area contributed by atoms with Crippen molar-refractivity contribution in [1.82, 2.24) is 0 Å². The molecule has 0 bridgehead atoms. The van der Waals surface area contributed by atoms with Crippen LogP contribution in [-0.2, 0) is 9.84 Å². The van der Waals surface area contributed by atoms with Gasteiger partial charge in [-0.05, 0) is 17.9 Å². The maximum atomic E-state index is 11.0. The lowest BCUT2D eigenvalue weighted by Gasteiger charge is -2.09. The predicted molar refractivity (Wildman–Crippen MR) is 76.8 cm³/mol. The number of rotatable bonds is 5. The minimum absolute atomic E-state index is 0.227. The molecule has 2 aromatic rings. The van der Waals surface area contributed by atoms with Crippen molar-refractivity contribution in [3.8, 4) is 0 Å². The van der Waals surface area contributed by atoms with Gasteiger partial charge in [0.25, 0.3) is 0 Å². The van der Waals surface area contributed by atoms with E-state index in [1.165, 1.54) is 17.0 Å². The number of fused-ring (bicyclic) bond motifs is 1. The Labute approximate surface area is 108 Å². The monoisotopic (exact) mass is 263 g/mol. The number of nitrogens with one attached hydrogen (secondary N) is 1. The van der Waals surface area contributed by atoms with Crippen molar-refractivity contribution < 1.29 is 8.42 Å². The number of hydrogen-bond acceptors (Lipinski definition) is 3. The van der Waals surface area contributed by atoms with Gasteiger partial charge in [-0.25, -0.2) is 8.42 Å². The van der Waals surface area contributed by atoms with E-state index in [1.54, 1.807) is 0 Å². The predicted octanol–water partition coefficient (Wildman–Crippen LogP) is 2.69. The normalized spacial score (nSPS) is 11.6. The number of sulfone groups is 1. The van der Waals surface area contributed by atoms with Gasteiger partial charge in [0, 0.05) is 23.9 Å². The van der Waals surface area contributed by atoms with Crippen molar-refractivity contribution >= 4 is 26.3 Å². The van der Waals surface area contributed by atoms with E-state index in [9.17, 15) is 8.42 Å². The van der Waals surface area contributed by atoms with Gasteiger partial charge >= 0.3 is 0 Å². The Kier molecular flexibility index (Phi) is 3.87. The molecular formula is C14H17NO2S. The van der Waals surface area contributed by atoms with Crippen LogP contribution in [0, 0.1) is 0 Å². The van der Waals surface area contributed by atoms with Crippen LogP contribution in [0.2, 0.25) is 0 Å². The van der Waals surface area contributed by atoms with E-state index in [2.05, 4.69) is 23.5 Å². The average Bonchev–Trinajstić information content (AvgIpc) is 2.33. The summed E-state index contributed by atoms with van der Waals surface area (Å²) in [5, 5.41) is 5.65. The van der Waals surface area contributed by atoms with E-state index < -0.39 is 9.84 Å². The third kappa shape index (κ3) is 3.47. The quantitative estimate of drug-likeness (QED) is 0.844. The largest absolute Gasteiger partial charge is 0.385 e. The second-order valence-corrected chi connectivity index (χ2v) is 6.70. The zero-order valence-electron chi connectivity index (χ0n) is 10.4. The SMILES string of the molecule is CS(=O)(=O)CCCNc1cccc2ccccc12. The molecule has 0 saturated carbocycles. The zero-order chi connectivity index (χ0) is 13.0. The second kappa shape index (κ2) is 5.40. The standard InChI is InChI=1S/C14H17NO2S/c1-18(16,17)11-5-10-15-14-9-4-7-12-6-2-3-8-13(12)14/h2-4,6-9,15H,5,10-11H2,1H3. The van der Waals surface area contributed by atoms with Crippen LogP contribution in [0.25, 0.3) is 10.8 Å². The smallest absolute Gasteiger partial charge is 0.147 e. The van der Waals surface area contributed by atoms with Crippen molar-refractivity contribution in [2.45, 2.75) is 6.42 Å². The van der Waals surface area contributed by atoms with Crippen molar-refractivity contribution in [3.63, 3.8) is 0 Å². The molecule has 2 rings (SSSR count). The highest BCUT2D eigenvalue weighted by Gasteiger charge is 2.02. The third-order valence-corrected chi connectivity index (χ3v) is 3.83. The molecule has 0 atom stereocenters. The average molecular weight is 263 g/mol. The lowest BCUT2D eigenvalue weighted by atomic mass is 10.1. The first-order chi connectivity index (χ1) is 8.56. The molecule has 0 aliphatic rings. The minimum atomic E-state index is -2.86. The van der Waals surface area contributed by atoms with E-state index in [1.807, 2.05) is 24.3 Å². The van der Waals surface area contributed by atoms with Crippen LogP contribution in [-0.4, -0.2) is 27.0 Å². The maximum absolute atomic E-state index is 11.0. The Morgan fingerprint density at radius 1 is 1.06 bits per heavy atom. The third-order valence-electron chi connectivity index (χ3n) is 2.80. The summed E-state index contributed by atoms with van der Waals surface area (Å²) >= 11 is 0. The van der Waals surface area contributed by atoms with Gasteiger partial charge in [0.15, 0.2) is 0 Å². The van der Waals surface area contributed by atoms with Crippen LogP contribution >= 0.6 is 0 Å². The summed E-state index contributed by atoms with van der Waals surface area (Å²) in [6.07, 6.45) is 1.90. The first-order valence-corrected chi connectivity index (χ1v) is 8.02. The van der Waals surface area contributed by atoms with Gasteiger partial charge in [0.05, 0.1) is 5.75 Å². The van der Waals surface area contributed by atoms with Gasteiger partial charge in [-0.1, -0.05) is 36.4 Å². The van der Waals surface area contributed by atoms with E-state index in [4.69, 9.17) is 0 Å². The Hall–Kier alpha value is -1.55. The molecule has 0 spiro atoms. The molecule has 0 radical (unpaired) electrons. The number of anilines is 1. The summed E-state index contributed by atoms with van der Waals surface area (Å²) in [6.45, 7) is 0.668.